The van der Waals surface area contributed by atoms with E-state index < -0.39 is 5.91 Å². The van der Waals surface area contributed by atoms with Crippen LogP contribution in [0.1, 0.15) is 22.3 Å². The van der Waals surface area contributed by atoms with Gasteiger partial charge in [0.25, 0.3) is 0 Å². The van der Waals surface area contributed by atoms with Crippen LogP contribution in [-0.2, 0) is 16.0 Å². The molecule has 5 heteroatoms. The molecule has 1 amide bonds. The molecule has 0 atom stereocenters. The van der Waals surface area contributed by atoms with Crippen molar-refractivity contribution in [1.29, 1.82) is 0 Å². The van der Waals surface area contributed by atoms with Gasteiger partial charge in [0.05, 0.1) is 7.11 Å². The van der Waals surface area contributed by atoms with Crippen molar-refractivity contribution in [2.75, 3.05) is 7.11 Å². The first kappa shape index (κ1) is 17.7. The standard InChI is InChI=1S/C10H12O2.C7H6ClNO/c1-12-10(11)8-7-9-5-3-2-4-6-9;8-6-3-1-5(2-4-6)7(9)10/h2-6H,7-8H2,1H3;1-4H,(H2,9,10). The lowest BCUT2D eigenvalue weighted by molar-refractivity contribution is -0.140. The topological polar surface area (TPSA) is 69.4 Å². The van der Waals surface area contributed by atoms with Gasteiger partial charge in [-0.1, -0.05) is 41.9 Å². The lowest BCUT2D eigenvalue weighted by Crippen LogP contribution is -2.10. The third kappa shape index (κ3) is 6.90. The molecule has 0 aliphatic carbocycles. The van der Waals surface area contributed by atoms with E-state index in [1.54, 1.807) is 24.3 Å². The Kier molecular flexibility index (Phi) is 7.72. The van der Waals surface area contributed by atoms with E-state index in [0.29, 0.717) is 17.0 Å². The van der Waals surface area contributed by atoms with Gasteiger partial charge in [0.2, 0.25) is 5.91 Å². The molecule has 4 nitrogen and oxygen atoms in total. The molecule has 2 aromatic rings. The number of carbonyl (C=O) groups excluding carboxylic acids is 2. The minimum absolute atomic E-state index is 0.154. The van der Waals surface area contributed by atoms with E-state index >= 15 is 0 Å². The van der Waals surface area contributed by atoms with Crippen molar-refractivity contribution in [2.24, 2.45) is 5.73 Å². The molecule has 0 spiro atoms. The van der Waals surface area contributed by atoms with Crippen molar-refractivity contribution < 1.29 is 14.3 Å². The lowest BCUT2D eigenvalue weighted by atomic mass is 10.1. The van der Waals surface area contributed by atoms with E-state index in [0.717, 1.165) is 6.42 Å². The number of carbonyl (C=O) groups is 2. The molecule has 0 aromatic heterocycles. The second-order valence-corrected chi connectivity index (χ2v) is 4.87. The Bertz CT molecular complexity index is 597. The zero-order valence-electron chi connectivity index (χ0n) is 12.3. The summed E-state index contributed by atoms with van der Waals surface area (Å²) < 4.78 is 4.53. The number of amides is 1. The van der Waals surface area contributed by atoms with Gasteiger partial charge < -0.3 is 10.5 Å². The highest BCUT2D eigenvalue weighted by Gasteiger charge is 1.99. The molecule has 2 aromatic carbocycles. The summed E-state index contributed by atoms with van der Waals surface area (Å²) in [7, 11) is 1.41. The Hall–Kier alpha value is -2.33. The largest absolute Gasteiger partial charge is 0.469 e. The van der Waals surface area contributed by atoms with Crippen molar-refractivity contribution in [3.8, 4) is 0 Å². The quantitative estimate of drug-likeness (QED) is 0.880. The third-order valence-electron chi connectivity index (χ3n) is 2.82. The number of hydrogen-bond acceptors (Lipinski definition) is 3. The summed E-state index contributed by atoms with van der Waals surface area (Å²) in [6.45, 7) is 0. The second-order valence-electron chi connectivity index (χ2n) is 4.43. The summed E-state index contributed by atoms with van der Waals surface area (Å²) >= 11 is 5.56. The van der Waals surface area contributed by atoms with Gasteiger partial charge in [-0.25, -0.2) is 0 Å². The summed E-state index contributed by atoms with van der Waals surface area (Å²) in [4.78, 5) is 21.3. The number of rotatable bonds is 4. The van der Waals surface area contributed by atoms with Crippen LogP contribution in [0, 0.1) is 0 Å². The Morgan fingerprint density at radius 1 is 1.05 bits per heavy atom. The van der Waals surface area contributed by atoms with Crippen LogP contribution in [0.4, 0.5) is 0 Å². The van der Waals surface area contributed by atoms with Crippen LogP contribution < -0.4 is 5.73 Å². The van der Waals surface area contributed by atoms with E-state index in [2.05, 4.69) is 4.74 Å². The number of nitrogens with two attached hydrogens (primary N) is 1. The summed E-state index contributed by atoms with van der Waals surface area (Å²) in [5, 5.41) is 0.602. The van der Waals surface area contributed by atoms with Crippen molar-refractivity contribution in [2.45, 2.75) is 12.8 Å². The Balaban J connectivity index is 0.000000224. The van der Waals surface area contributed by atoms with E-state index in [1.165, 1.54) is 12.7 Å². The number of ether oxygens (including phenoxy) is 1. The van der Waals surface area contributed by atoms with Gasteiger partial charge in [-0.15, -0.1) is 0 Å². The van der Waals surface area contributed by atoms with E-state index in [1.807, 2.05) is 30.3 Å². The van der Waals surface area contributed by atoms with Gasteiger partial charge in [0, 0.05) is 17.0 Å². The van der Waals surface area contributed by atoms with Crippen LogP contribution in [0.15, 0.2) is 54.6 Å². The Morgan fingerprint density at radius 3 is 2.14 bits per heavy atom. The van der Waals surface area contributed by atoms with Crippen LogP contribution in [0.25, 0.3) is 0 Å². The van der Waals surface area contributed by atoms with Crippen LogP contribution in [0.3, 0.4) is 0 Å². The SMILES string of the molecule is COC(=O)CCc1ccccc1.NC(=O)c1ccc(Cl)cc1. The van der Waals surface area contributed by atoms with E-state index in [4.69, 9.17) is 17.3 Å². The minimum atomic E-state index is -0.434. The zero-order valence-corrected chi connectivity index (χ0v) is 13.0. The maximum atomic E-state index is 10.8. The lowest BCUT2D eigenvalue weighted by Gasteiger charge is -1.98. The van der Waals surface area contributed by atoms with Gasteiger partial charge in [-0.2, -0.15) is 0 Å². The zero-order chi connectivity index (χ0) is 16.4. The van der Waals surface area contributed by atoms with Crippen molar-refractivity contribution >= 4 is 23.5 Å². The molecule has 0 fully saturated rings. The fourth-order valence-electron chi connectivity index (χ4n) is 1.61. The van der Waals surface area contributed by atoms with Gasteiger partial charge >= 0.3 is 5.97 Å². The molecule has 22 heavy (non-hydrogen) atoms. The number of aryl methyl sites for hydroxylation is 1. The maximum Gasteiger partial charge on any atom is 0.305 e. The van der Waals surface area contributed by atoms with E-state index in [-0.39, 0.29) is 5.97 Å². The number of primary amides is 1. The average molecular weight is 320 g/mol. The first-order valence-electron chi connectivity index (χ1n) is 6.69. The fourth-order valence-corrected chi connectivity index (χ4v) is 1.73. The molecule has 0 bridgehead atoms. The van der Waals surface area contributed by atoms with Gasteiger partial charge in [0.1, 0.15) is 0 Å². The number of methoxy groups -OCH3 is 1. The average Bonchev–Trinajstić information content (AvgIpc) is 2.54. The van der Waals surface area contributed by atoms with Crippen molar-refractivity contribution in [3.05, 3.63) is 70.7 Å². The molecule has 116 valence electrons. The molecule has 0 radical (unpaired) electrons. The number of benzene rings is 2. The predicted octanol–water partition coefficient (Wildman–Crippen LogP) is 3.23. The van der Waals surface area contributed by atoms with Gasteiger partial charge in [-0.05, 0) is 36.2 Å². The predicted molar refractivity (Wildman–Crippen MR) is 86.7 cm³/mol. The smallest absolute Gasteiger partial charge is 0.305 e. The maximum absolute atomic E-state index is 10.8. The van der Waals surface area contributed by atoms with Crippen LogP contribution >= 0.6 is 11.6 Å². The first-order valence-corrected chi connectivity index (χ1v) is 7.07. The molecule has 2 N–H and O–H groups in total. The highest BCUT2D eigenvalue weighted by molar-refractivity contribution is 6.30. The number of hydrogen-bond donors (Lipinski definition) is 1. The molecule has 0 saturated carbocycles. The van der Waals surface area contributed by atoms with Crippen molar-refractivity contribution in [3.63, 3.8) is 0 Å². The molecular weight excluding hydrogens is 302 g/mol. The minimum Gasteiger partial charge on any atom is -0.469 e. The third-order valence-corrected chi connectivity index (χ3v) is 3.07. The number of halogens is 1. The van der Waals surface area contributed by atoms with Crippen LogP contribution in [0.5, 0.6) is 0 Å². The van der Waals surface area contributed by atoms with Gasteiger partial charge in [-0.3, -0.25) is 9.59 Å². The summed E-state index contributed by atoms with van der Waals surface area (Å²) in [5.74, 6) is -0.587. The highest BCUT2D eigenvalue weighted by atomic mass is 35.5. The van der Waals surface area contributed by atoms with Gasteiger partial charge in [0.15, 0.2) is 0 Å². The fraction of sp³-hybridized carbons (Fsp3) is 0.176. The van der Waals surface area contributed by atoms with Crippen LogP contribution in [0.2, 0.25) is 5.02 Å². The van der Waals surface area contributed by atoms with E-state index in [9.17, 15) is 9.59 Å². The Labute approximate surface area is 134 Å². The normalized spacial score (nSPS) is 9.36. The van der Waals surface area contributed by atoms with Crippen molar-refractivity contribution in [1.82, 2.24) is 0 Å². The highest BCUT2D eigenvalue weighted by Crippen LogP contribution is 2.08. The molecule has 0 unspecified atom stereocenters. The second kappa shape index (κ2) is 9.58. The molecular formula is C17H18ClNO3. The molecule has 0 heterocycles. The first-order chi connectivity index (χ1) is 10.5. The number of esters is 1. The molecule has 0 saturated heterocycles. The molecule has 2 rings (SSSR count). The monoisotopic (exact) mass is 319 g/mol. The van der Waals surface area contributed by atoms with Crippen LogP contribution in [-0.4, -0.2) is 19.0 Å². The molecule has 0 aliphatic heterocycles. The molecule has 0 aliphatic rings. The summed E-state index contributed by atoms with van der Waals surface area (Å²) in [6.07, 6.45) is 1.22. The Morgan fingerprint density at radius 2 is 1.64 bits per heavy atom. The summed E-state index contributed by atoms with van der Waals surface area (Å²) in [6, 6.07) is 16.3. The summed E-state index contributed by atoms with van der Waals surface area (Å²) in [5.41, 5.74) is 6.63.